The van der Waals surface area contributed by atoms with E-state index in [4.69, 9.17) is 0 Å². The fourth-order valence-corrected chi connectivity index (χ4v) is 2.56. The molecule has 2 rings (SSSR count). The monoisotopic (exact) mass is 268 g/mol. The predicted octanol–water partition coefficient (Wildman–Crippen LogP) is -0.980. The first-order valence-electron chi connectivity index (χ1n) is 7.23. The van der Waals surface area contributed by atoms with Gasteiger partial charge in [0.15, 0.2) is 0 Å². The van der Waals surface area contributed by atoms with E-state index in [2.05, 4.69) is 15.5 Å². The molecule has 0 aliphatic carbocycles. The summed E-state index contributed by atoms with van der Waals surface area (Å²) < 4.78 is 0. The van der Waals surface area contributed by atoms with Crippen LogP contribution < -0.4 is 10.6 Å². The van der Waals surface area contributed by atoms with Crippen LogP contribution >= 0.6 is 0 Å². The van der Waals surface area contributed by atoms with Gasteiger partial charge in [-0.05, 0) is 12.8 Å². The molecule has 0 aromatic rings. The third kappa shape index (κ3) is 4.80. The molecule has 0 radical (unpaired) electrons. The summed E-state index contributed by atoms with van der Waals surface area (Å²) in [6.07, 6.45) is 2.65. The fourth-order valence-electron chi connectivity index (χ4n) is 2.56. The van der Waals surface area contributed by atoms with Crippen molar-refractivity contribution >= 4 is 11.8 Å². The standard InChI is InChI=1S/C13H24N4O2/c18-12(11-16-9-5-14-6-10-16)15-4-3-13(19)17-7-1-2-8-17/h14H,1-11H2,(H,15,18). The number of nitrogens with zero attached hydrogens (tertiary/aromatic N) is 2. The van der Waals surface area contributed by atoms with Crippen LogP contribution in [0, 0.1) is 0 Å². The van der Waals surface area contributed by atoms with Crippen molar-refractivity contribution in [2.24, 2.45) is 0 Å². The van der Waals surface area contributed by atoms with Gasteiger partial charge in [-0.2, -0.15) is 0 Å². The first-order chi connectivity index (χ1) is 9.25. The maximum Gasteiger partial charge on any atom is 0.234 e. The minimum atomic E-state index is 0.0242. The molecule has 0 spiro atoms. The number of amides is 2. The van der Waals surface area contributed by atoms with Crippen molar-refractivity contribution in [2.45, 2.75) is 19.3 Å². The maximum absolute atomic E-state index is 11.8. The van der Waals surface area contributed by atoms with Crippen LogP contribution in [0.25, 0.3) is 0 Å². The van der Waals surface area contributed by atoms with Gasteiger partial charge in [0.25, 0.3) is 0 Å². The number of hydrogen-bond donors (Lipinski definition) is 2. The molecule has 0 unspecified atom stereocenters. The smallest absolute Gasteiger partial charge is 0.234 e. The summed E-state index contributed by atoms with van der Waals surface area (Å²) in [5.74, 6) is 0.191. The lowest BCUT2D eigenvalue weighted by Gasteiger charge is -2.26. The topological polar surface area (TPSA) is 64.7 Å². The Balaban J connectivity index is 1.56. The Morgan fingerprint density at radius 1 is 1.05 bits per heavy atom. The van der Waals surface area contributed by atoms with Gasteiger partial charge in [-0.3, -0.25) is 14.5 Å². The van der Waals surface area contributed by atoms with Crippen LogP contribution in [0.15, 0.2) is 0 Å². The summed E-state index contributed by atoms with van der Waals surface area (Å²) in [6.45, 7) is 6.39. The molecule has 2 heterocycles. The first kappa shape index (κ1) is 14.3. The summed E-state index contributed by atoms with van der Waals surface area (Å²) in [6, 6.07) is 0. The minimum absolute atomic E-state index is 0.0242. The molecule has 0 atom stereocenters. The lowest BCUT2D eigenvalue weighted by molar-refractivity contribution is -0.130. The molecule has 108 valence electrons. The van der Waals surface area contributed by atoms with Crippen molar-refractivity contribution in [3.05, 3.63) is 0 Å². The number of nitrogens with one attached hydrogen (secondary N) is 2. The summed E-state index contributed by atoms with van der Waals surface area (Å²) in [4.78, 5) is 27.5. The Kier molecular flexibility index (Phi) is 5.60. The summed E-state index contributed by atoms with van der Waals surface area (Å²) >= 11 is 0. The maximum atomic E-state index is 11.8. The van der Waals surface area contributed by atoms with Gasteiger partial charge < -0.3 is 15.5 Å². The van der Waals surface area contributed by atoms with Gasteiger partial charge in [0.05, 0.1) is 6.54 Å². The number of carbonyl (C=O) groups excluding carboxylic acids is 2. The highest BCUT2D eigenvalue weighted by molar-refractivity contribution is 5.80. The van der Waals surface area contributed by atoms with Crippen molar-refractivity contribution in [3.63, 3.8) is 0 Å². The zero-order chi connectivity index (χ0) is 13.5. The van der Waals surface area contributed by atoms with Crippen LogP contribution in [0.5, 0.6) is 0 Å². The molecule has 0 saturated carbocycles. The molecule has 2 N–H and O–H groups in total. The van der Waals surface area contributed by atoms with E-state index < -0.39 is 0 Å². The number of piperazine rings is 1. The van der Waals surface area contributed by atoms with Crippen molar-refractivity contribution < 1.29 is 9.59 Å². The molecule has 2 fully saturated rings. The Bertz CT molecular complexity index is 310. The molecular weight excluding hydrogens is 244 g/mol. The zero-order valence-electron chi connectivity index (χ0n) is 11.5. The van der Waals surface area contributed by atoms with Crippen LogP contribution in [0.1, 0.15) is 19.3 Å². The highest BCUT2D eigenvalue weighted by atomic mass is 16.2. The van der Waals surface area contributed by atoms with Gasteiger partial charge in [0.2, 0.25) is 11.8 Å². The fraction of sp³-hybridized carbons (Fsp3) is 0.846. The van der Waals surface area contributed by atoms with Gasteiger partial charge >= 0.3 is 0 Å². The van der Waals surface area contributed by atoms with E-state index in [0.29, 0.717) is 19.5 Å². The SMILES string of the molecule is O=C(CN1CCNCC1)NCCC(=O)N1CCCC1. The normalized spacial score (nSPS) is 20.5. The van der Waals surface area contributed by atoms with E-state index in [1.807, 2.05) is 4.90 Å². The van der Waals surface area contributed by atoms with Crippen LogP contribution in [0.2, 0.25) is 0 Å². The Morgan fingerprint density at radius 3 is 2.42 bits per heavy atom. The molecule has 0 aromatic carbocycles. The van der Waals surface area contributed by atoms with Crippen LogP contribution in [-0.4, -0.2) is 74.0 Å². The van der Waals surface area contributed by atoms with Crippen molar-refractivity contribution in [1.29, 1.82) is 0 Å². The van der Waals surface area contributed by atoms with Crippen molar-refractivity contribution in [3.8, 4) is 0 Å². The molecule has 2 amide bonds. The Labute approximate surface area is 114 Å². The Morgan fingerprint density at radius 2 is 1.74 bits per heavy atom. The van der Waals surface area contributed by atoms with Crippen molar-refractivity contribution in [2.75, 3.05) is 52.4 Å². The summed E-state index contributed by atoms with van der Waals surface area (Å²) in [5, 5.41) is 6.09. The largest absolute Gasteiger partial charge is 0.354 e. The number of carbonyl (C=O) groups is 2. The van der Waals surface area contributed by atoms with E-state index in [-0.39, 0.29) is 11.8 Å². The summed E-state index contributed by atoms with van der Waals surface area (Å²) in [5.41, 5.74) is 0. The third-order valence-corrected chi connectivity index (χ3v) is 3.70. The first-order valence-corrected chi connectivity index (χ1v) is 7.23. The van der Waals surface area contributed by atoms with Gasteiger partial charge in [-0.1, -0.05) is 0 Å². The van der Waals surface area contributed by atoms with E-state index in [1.165, 1.54) is 0 Å². The summed E-state index contributed by atoms with van der Waals surface area (Å²) in [7, 11) is 0. The second-order valence-corrected chi connectivity index (χ2v) is 5.21. The highest BCUT2D eigenvalue weighted by Crippen LogP contribution is 2.08. The number of likely N-dealkylation sites (tertiary alicyclic amines) is 1. The van der Waals surface area contributed by atoms with Gasteiger partial charge in [0, 0.05) is 52.2 Å². The van der Waals surface area contributed by atoms with E-state index >= 15 is 0 Å². The van der Waals surface area contributed by atoms with Gasteiger partial charge in [-0.25, -0.2) is 0 Å². The molecule has 6 nitrogen and oxygen atoms in total. The average molecular weight is 268 g/mol. The van der Waals surface area contributed by atoms with Gasteiger partial charge in [-0.15, -0.1) is 0 Å². The number of hydrogen-bond acceptors (Lipinski definition) is 4. The molecule has 19 heavy (non-hydrogen) atoms. The average Bonchev–Trinajstić information content (AvgIpc) is 2.93. The second-order valence-electron chi connectivity index (χ2n) is 5.21. The highest BCUT2D eigenvalue weighted by Gasteiger charge is 2.18. The molecule has 6 heteroatoms. The second kappa shape index (κ2) is 7.45. The van der Waals surface area contributed by atoms with E-state index in [1.54, 1.807) is 0 Å². The lowest BCUT2D eigenvalue weighted by Crippen LogP contribution is -2.47. The van der Waals surface area contributed by atoms with Crippen molar-refractivity contribution in [1.82, 2.24) is 20.4 Å². The molecule has 2 aliphatic rings. The minimum Gasteiger partial charge on any atom is -0.354 e. The van der Waals surface area contributed by atoms with Gasteiger partial charge in [0.1, 0.15) is 0 Å². The van der Waals surface area contributed by atoms with Crippen LogP contribution in [0.3, 0.4) is 0 Å². The van der Waals surface area contributed by atoms with Crippen LogP contribution in [0.4, 0.5) is 0 Å². The van der Waals surface area contributed by atoms with E-state index in [9.17, 15) is 9.59 Å². The molecular formula is C13H24N4O2. The molecule has 2 saturated heterocycles. The Hall–Kier alpha value is -1.14. The number of rotatable bonds is 5. The predicted molar refractivity (Wildman–Crippen MR) is 72.8 cm³/mol. The molecule has 2 aliphatic heterocycles. The quantitative estimate of drug-likeness (QED) is 0.673. The van der Waals surface area contributed by atoms with Crippen LogP contribution in [-0.2, 0) is 9.59 Å². The third-order valence-electron chi connectivity index (χ3n) is 3.70. The lowest BCUT2D eigenvalue weighted by atomic mass is 10.3. The molecule has 0 bridgehead atoms. The zero-order valence-corrected chi connectivity index (χ0v) is 11.5. The molecule has 0 aromatic heterocycles. The van der Waals surface area contributed by atoms with E-state index in [0.717, 1.165) is 52.1 Å².